The van der Waals surface area contributed by atoms with Crippen molar-refractivity contribution in [2.75, 3.05) is 0 Å². The molecule has 0 amide bonds. The summed E-state index contributed by atoms with van der Waals surface area (Å²) in [5, 5.41) is 30.1. The Bertz CT molecular complexity index is 853. The molecule has 0 fully saturated rings. The van der Waals surface area contributed by atoms with Crippen molar-refractivity contribution in [3.8, 4) is 28.4 Å². The molecule has 0 aliphatic rings. The first-order chi connectivity index (χ1) is 11.5. The predicted molar refractivity (Wildman–Crippen MR) is 95.6 cm³/mol. The van der Waals surface area contributed by atoms with E-state index in [9.17, 15) is 15.3 Å². The van der Waals surface area contributed by atoms with Gasteiger partial charge in [0.2, 0.25) is 0 Å². The lowest BCUT2D eigenvalue weighted by atomic mass is 9.89. The van der Waals surface area contributed by atoms with Gasteiger partial charge in [-0.2, -0.15) is 0 Å². The van der Waals surface area contributed by atoms with Crippen molar-refractivity contribution in [2.45, 2.75) is 19.8 Å². The van der Waals surface area contributed by atoms with Crippen molar-refractivity contribution >= 4 is 0 Å². The summed E-state index contributed by atoms with van der Waals surface area (Å²) in [5.41, 5.74) is 4.03. The summed E-state index contributed by atoms with van der Waals surface area (Å²) in [6, 6.07) is 19.4. The van der Waals surface area contributed by atoms with Crippen molar-refractivity contribution in [3.05, 3.63) is 77.4 Å². The normalized spacial score (nSPS) is 12.1. The second kappa shape index (κ2) is 6.28. The molecule has 3 aromatic carbocycles. The van der Waals surface area contributed by atoms with Gasteiger partial charge in [0.05, 0.1) is 0 Å². The maximum Gasteiger partial charge on any atom is 0.129 e. The SMILES string of the molecule is Cc1c(O)cc(O)c(C(C)c2ccc(-c3ccccc3)cc2)c1O. The molecule has 0 saturated heterocycles. The molecule has 3 heteroatoms. The highest BCUT2D eigenvalue weighted by Gasteiger charge is 2.21. The number of phenolic OH excluding ortho intramolecular Hbond substituents is 3. The number of hydrogen-bond donors (Lipinski definition) is 3. The van der Waals surface area contributed by atoms with Crippen LogP contribution in [0.4, 0.5) is 0 Å². The molecule has 3 rings (SSSR count). The van der Waals surface area contributed by atoms with Gasteiger partial charge in [0.15, 0.2) is 0 Å². The van der Waals surface area contributed by atoms with E-state index in [-0.39, 0.29) is 23.2 Å². The van der Waals surface area contributed by atoms with E-state index in [0.29, 0.717) is 11.1 Å². The fourth-order valence-corrected chi connectivity index (χ4v) is 2.95. The number of aromatic hydroxyl groups is 3. The first-order valence-corrected chi connectivity index (χ1v) is 7.88. The number of rotatable bonds is 3. The van der Waals surface area contributed by atoms with Crippen LogP contribution in [0.1, 0.15) is 29.5 Å². The number of hydrogen-bond acceptors (Lipinski definition) is 3. The molecule has 0 heterocycles. The summed E-state index contributed by atoms with van der Waals surface area (Å²) >= 11 is 0. The van der Waals surface area contributed by atoms with Crippen molar-refractivity contribution in [1.82, 2.24) is 0 Å². The van der Waals surface area contributed by atoms with Crippen LogP contribution < -0.4 is 0 Å². The monoisotopic (exact) mass is 320 g/mol. The molecule has 0 spiro atoms. The van der Waals surface area contributed by atoms with E-state index in [2.05, 4.69) is 12.1 Å². The molecule has 1 unspecified atom stereocenters. The largest absolute Gasteiger partial charge is 0.507 e. The van der Waals surface area contributed by atoms with Crippen LogP contribution in [-0.4, -0.2) is 15.3 Å². The summed E-state index contributed by atoms with van der Waals surface area (Å²) in [6.45, 7) is 3.54. The third-order valence-electron chi connectivity index (χ3n) is 4.49. The molecular formula is C21H20O3. The van der Waals surface area contributed by atoms with Gasteiger partial charge in [-0.15, -0.1) is 0 Å². The van der Waals surface area contributed by atoms with E-state index < -0.39 is 0 Å². The summed E-state index contributed by atoms with van der Waals surface area (Å²) in [7, 11) is 0. The van der Waals surface area contributed by atoms with Gasteiger partial charge in [0.1, 0.15) is 17.2 Å². The Morgan fingerprint density at radius 1 is 0.750 bits per heavy atom. The lowest BCUT2D eigenvalue weighted by Crippen LogP contribution is -1.99. The quantitative estimate of drug-likeness (QED) is 0.641. The standard InChI is InChI=1S/C21H20O3/c1-13(20-19(23)12-18(22)14(2)21(20)24)15-8-10-17(11-9-15)16-6-4-3-5-7-16/h3-13,22-24H,1-2H3. The Kier molecular flexibility index (Phi) is 4.17. The lowest BCUT2D eigenvalue weighted by Gasteiger charge is -2.18. The van der Waals surface area contributed by atoms with Crippen LogP contribution in [0.25, 0.3) is 11.1 Å². The molecule has 0 saturated carbocycles. The van der Waals surface area contributed by atoms with Gasteiger partial charge in [0.25, 0.3) is 0 Å². The highest BCUT2D eigenvalue weighted by Crippen LogP contribution is 2.43. The van der Waals surface area contributed by atoms with E-state index in [1.165, 1.54) is 6.07 Å². The first kappa shape index (κ1) is 15.9. The average molecular weight is 320 g/mol. The van der Waals surface area contributed by atoms with E-state index in [4.69, 9.17) is 0 Å². The third-order valence-corrected chi connectivity index (χ3v) is 4.49. The average Bonchev–Trinajstić information content (AvgIpc) is 2.60. The molecule has 1 atom stereocenters. The Labute approximate surface area is 141 Å². The zero-order valence-electron chi connectivity index (χ0n) is 13.7. The molecule has 0 aromatic heterocycles. The highest BCUT2D eigenvalue weighted by molar-refractivity contribution is 5.64. The van der Waals surface area contributed by atoms with Gasteiger partial charge < -0.3 is 15.3 Å². The number of benzene rings is 3. The first-order valence-electron chi connectivity index (χ1n) is 7.88. The highest BCUT2D eigenvalue weighted by atomic mass is 16.3. The van der Waals surface area contributed by atoms with Crippen LogP contribution >= 0.6 is 0 Å². The minimum atomic E-state index is -0.200. The van der Waals surface area contributed by atoms with Gasteiger partial charge in [-0.25, -0.2) is 0 Å². The van der Waals surface area contributed by atoms with Crippen molar-refractivity contribution in [1.29, 1.82) is 0 Å². The number of phenols is 3. The van der Waals surface area contributed by atoms with Crippen LogP contribution in [0.3, 0.4) is 0 Å². The van der Waals surface area contributed by atoms with Crippen molar-refractivity contribution in [3.63, 3.8) is 0 Å². The second-order valence-corrected chi connectivity index (χ2v) is 6.01. The maximum atomic E-state index is 10.3. The predicted octanol–water partition coefficient (Wildman–Crippen LogP) is 4.93. The molecule has 122 valence electrons. The molecule has 3 N–H and O–H groups in total. The van der Waals surface area contributed by atoms with Gasteiger partial charge in [-0.1, -0.05) is 61.5 Å². The van der Waals surface area contributed by atoms with Gasteiger partial charge >= 0.3 is 0 Å². The zero-order valence-corrected chi connectivity index (χ0v) is 13.7. The smallest absolute Gasteiger partial charge is 0.129 e. The van der Waals surface area contributed by atoms with Crippen LogP contribution in [0.15, 0.2) is 60.7 Å². The molecular weight excluding hydrogens is 300 g/mol. The second-order valence-electron chi connectivity index (χ2n) is 6.01. The zero-order chi connectivity index (χ0) is 17.3. The molecule has 3 aromatic rings. The maximum absolute atomic E-state index is 10.3. The van der Waals surface area contributed by atoms with Gasteiger partial charge in [-0.05, 0) is 23.6 Å². The Balaban J connectivity index is 1.97. The van der Waals surface area contributed by atoms with Crippen molar-refractivity contribution in [2.24, 2.45) is 0 Å². The fourth-order valence-electron chi connectivity index (χ4n) is 2.95. The van der Waals surface area contributed by atoms with Gasteiger partial charge in [-0.3, -0.25) is 0 Å². The molecule has 24 heavy (non-hydrogen) atoms. The summed E-state index contributed by atoms with van der Waals surface area (Å²) in [5.74, 6) is -0.475. The molecule has 3 nitrogen and oxygen atoms in total. The summed E-state index contributed by atoms with van der Waals surface area (Å²) < 4.78 is 0. The lowest BCUT2D eigenvalue weighted by molar-refractivity contribution is 0.412. The van der Waals surface area contributed by atoms with E-state index in [1.807, 2.05) is 49.4 Å². The topological polar surface area (TPSA) is 60.7 Å². The fraction of sp³-hybridized carbons (Fsp3) is 0.143. The minimum absolute atomic E-state index is 0.0628. The summed E-state index contributed by atoms with van der Waals surface area (Å²) in [6.07, 6.45) is 0. The third kappa shape index (κ3) is 2.81. The molecule has 0 aliphatic carbocycles. The molecule has 0 aliphatic heterocycles. The van der Waals surface area contributed by atoms with Crippen molar-refractivity contribution < 1.29 is 15.3 Å². The van der Waals surface area contributed by atoms with Crippen LogP contribution in [0.5, 0.6) is 17.2 Å². The summed E-state index contributed by atoms with van der Waals surface area (Å²) in [4.78, 5) is 0. The minimum Gasteiger partial charge on any atom is -0.507 e. The van der Waals surface area contributed by atoms with Gasteiger partial charge in [0, 0.05) is 23.1 Å². The Morgan fingerprint density at radius 2 is 1.33 bits per heavy atom. The van der Waals surface area contributed by atoms with E-state index >= 15 is 0 Å². The molecule has 0 bridgehead atoms. The molecule has 0 radical (unpaired) electrons. The van der Waals surface area contributed by atoms with E-state index in [1.54, 1.807) is 6.92 Å². The Hall–Kier alpha value is -2.94. The van der Waals surface area contributed by atoms with Crippen LogP contribution in [0.2, 0.25) is 0 Å². The van der Waals surface area contributed by atoms with Crippen LogP contribution in [0, 0.1) is 6.92 Å². The van der Waals surface area contributed by atoms with Crippen LogP contribution in [-0.2, 0) is 0 Å². The van der Waals surface area contributed by atoms with E-state index in [0.717, 1.165) is 16.7 Å². The Morgan fingerprint density at radius 3 is 1.96 bits per heavy atom.